The van der Waals surface area contributed by atoms with E-state index in [-0.39, 0.29) is 24.0 Å². The minimum atomic E-state index is -0.166. The highest BCUT2D eigenvalue weighted by Gasteiger charge is 2.49. The van der Waals surface area contributed by atoms with Crippen LogP contribution in [0.15, 0.2) is 22.3 Å². The van der Waals surface area contributed by atoms with E-state index in [1.165, 1.54) is 22.3 Å². The predicted octanol–water partition coefficient (Wildman–Crippen LogP) is 2.98. The minimum absolute atomic E-state index is 0.0467. The fourth-order valence-corrected chi connectivity index (χ4v) is 3.44. The Morgan fingerprint density at radius 2 is 1.39 bits per heavy atom. The fraction of sp³-hybridized carbons (Fsp3) is 0.429. The predicted molar refractivity (Wildman–Crippen MR) is 65.3 cm³/mol. The van der Waals surface area contributed by atoms with Gasteiger partial charge in [0.25, 0.3) is 0 Å². The Bertz CT molecular complexity index is 585. The molecule has 0 aromatic carbocycles. The zero-order valence-electron chi connectivity index (χ0n) is 10.4. The number of hydrogen-bond acceptors (Lipinski definition) is 3. The first-order valence-electron chi connectivity index (χ1n) is 6.24. The average Bonchev–Trinajstić information content (AvgIpc) is 2.93. The molecule has 3 N–H and O–H groups in total. The van der Waals surface area contributed by atoms with E-state index in [1.54, 1.807) is 0 Å². The third-order valence-corrected chi connectivity index (χ3v) is 4.52. The molecule has 3 heterocycles. The van der Waals surface area contributed by atoms with Crippen LogP contribution in [-0.2, 0) is 4.74 Å². The number of aromatic nitrogens is 1. The number of aromatic amines is 1. The maximum absolute atomic E-state index is 9.85. The number of allylic oxidation sites excluding steroid dienone is 2. The Morgan fingerprint density at radius 1 is 0.944 bits per heavy atom. The number of fused-ring (bicyclic) bond motifs is 7. The van der Waals surface area contributed by atoms with Gasteiger partial charge in [-0.2, -0.15) is 0 Å². The van der Waals surface area contributed by atoms with Crippen molar-refractivity contribution in [2.24, 2.45) is 0 Å². The number of rotatable bonds is 0. The normalized spacial score (nSPS) is 29.0. The summed E-state index contributed by atoms with van der Waals surface area (Å²) in [5, 5.41) is 19.7. The van der Waals surface area contributed by atoms with E-state index < -0.39 is 0 Å². The van der Waals surface area contributed by atoms with E-state index in [2.05, 4.69) is 18.8 Å². The lowest BCUT2D eigenvalue weighted by Crippen LogP contribution is -2.09. The van der Waals surface area contributed by atoms with E-state index in [0.717, 1.165) is 24.0 Å². The largest absolute Gasteiger partial charge is 0.494 e. The van der Waals surface area contributed by atoms with Crippen molar-refractivity contribution < 1.29 is 14.9 Å². The van der Waals surface area contributed by atoms with E-state index in [0.29, 0.717) is 0 Å². The van der Waals surface area contributed by atoms with Crippen LogP contribution >= 0.6 is 0 Å². The first-order chi connectivity index (χ1) is 8.58. The summed E-state index contributed by atoms with van der Waals surface area (Å²) < 4.78 is 5.95. The maximum Gasteiger partial charge on any atom is 0.197 e. The molecule has 1 aliphatic carbocycles. The van der Waals surface area contributed by atoms with Crippen LogP contribution in [0.1, 0.15) is 50.0 Å². The molecule has 2 aliphatic heterocycles. The highest BCUT2D eigenvalue weighted by molar-refractivity contribution is 5.60. The second-order valence-electron chi connectivity index (χ2n) is 5.51. The Labute approximate surface area is 105 Å². The van der Waals surface area contributed by atoms with Crippen molar-refractivity contribution in [3.8, 4) is 11.8 Å². The van der Waals surface area contributed by atoms with E-state index in [4.69, 9.17) is 4.74 Å². The lowest BCUT2D eigenvalue weighted by molar-refractivity contribution is 0.0750. The van der Waals surface area contributed by atoms with E-state index in [1.807, 2.05) is 0 Å². The maximum atomic E-state index is 9.85. The molecular weight excluding hydrogens is 230 g/mol. The van der Waals surface area contributed by atoms with Crippen molar-refractivity contribution in [2.75, 3.05) is 0 Å². The topological polar surface area (TPSA) is 65.5 Å². The van der Waals surface area contributed by atoms with Crippen LogP contribution in [-0.4, -0.2) is 15.2 Å². The molecule has 0 spiro atoms. The smallest absolute Gasteiger partial charge is 0.197 e. The second kappa shape index (κ2) is 3.01. The third-order valence-electron chi connectivity index (χ3n) is 4.52. The molecule has 1 aromatic heterocycles. The second-order valence-corrected chi connectivity index (χ2v) is 5.51. The van der Waals surface area contributed by atoms with Crippen LogP contribution in [0.25, 0.3) is 0 Å². The lowest BCUT2D eigenvalue weighted by Gasteiger charge is -2.24. The number of nitrogens with one attached hydrogen (secondary N) is 1. The van der Waals surface area contributed by atoms with Crippen molar-refractivity contribution in [3.63, 3.8) is 0 Å². The van der Waals surface area contributed by atoms with Gasteiger partial charge in [0, 0.05) is 0 Å². The average molecular weight is 245 g/mol. The Kier molecular flexibility index (Phi) is 1.71. The quantitative estimate of drug-likeness (QED) is 0.616. The zero-order valence-corrected chi connectivity index (χ0v) is 10.4. The Morgan fingerprint density at radius 3 is 1.83 bits per heavy atom. The Hall–Kier alpha value is -1.68. The summed E-state index contributed by atoms with van der Waals surface area (Å²) in [6.45, 7) is 4.31. The van der Waals surface area contributed by atoms with Crippen LogP contribution < -0.4 is 0 Å². The molecular formula is C14H15NO3. The Balaban J connectivity index is 1.86. The van der Waals surface area contributed by atoms with Gasteiger partial charge < -0.3 is 14.9 Å². The summed E-state index contributed by atoms with van der Waals surface area (Å²) in [6.07, 6.45) is 1.51. The molecule has 1 aromatic rings. The van der Waals surface area contributed by atoms with Gasteiger partial charge in [-0.15, -0.1) is 0 Å². The van der Waals surface area contributed by atoms with Crippen LogP contribution in [0, 0.1) is 0 Å². The standard InChI is InChI=1S/C14H15NO3/c1-5-3-7-8(4-6(5)2)12-10-9(11(7)18-12)13(16)15-14(10)17/h11-12,15-17H,3-4H2,1-2H3. The molecule has 0 radical (unpaired) electrons. The molecule has 18 heavy (non-hydrogen) atoms. The molecule has 2 bridgehead atoms. The summed E-state index contributed by atoms with van der Waals surface area (Å²) in [5.74, 6) is 0.0935. The van der Waals surface area contributed by atoms with Gasteiger partial charge in [0.15, 0.2) is 11.8 Å². The van der Waals surface area contributed by atoms with Crippen molar-refractivity contribution in [2.45, 2.75) is 38.9 Å². The molecule has 2 unspecified atom stereocenters. The summed E-state index contributed by atoms with van der Waals surface area (Å²) in [4.78, 5) is 2.60. The number of ether oxygens (including phenoxy) is 1. The SMILES string of the molecule is CC1=C(C)CC2=C(C1)C1OC2c2c(O)[nH]c(O)c21. The van der Waals surface area contributed by atoms with Gasteiger partial charge in [-0.25, -0.2) is 0 Å². The highest BCUT2D eigenvalue weighted by Crippen LogP contribution is 2.62. The molecule has 3 aliphatic rings. The molecule has 4 rings (SSSR count). The number of hydrogen-bond donors (Lipinski definition) is 3. The molecule has 0 amide bonds. The minimum Gasteiger partial charge on any atom is -0.494 e. The van der Waals surface area contributed by atoms with E-state index in [9.17, 15) is 10.2 Å². The fourth-order valence-electron chi connectivity index (χ4n) is 3.44. The van der Waals surface area contributed by atoms with Gasteiger partial charge in [0.2, 0.25) is 0 Å². The highest BCUT2D eigenvalue weighted by atomic mass is 16.5. The number of H-pyrrole nitrogens is 1. The summed E-state index contributed by atoms with van der Waals surface area (Å²) in [5.41, 5.74) is 6.83. The van der Waals surface area contributed by atoms with Crippen molar-refractivity contribution >= 4 is 0 Å². The van der Waals surface area contributed by atoms with Gasteiger partial charge in [0.05, 0.1) is 11.1 Å². The van der Waals surface area contributed by atoms with Gasteiger partial charge in [-0.3, -0.25) is 4.98 Å². The lowest BCUT2D eigenvalue weighted by atomic mass is 9.78. The van der Waals surface area contributed by atoms with Crippen molar-refractivity contribution in [1.29, 1.82) is 0 Å². The summed E-state index contributed by atoms with van der Waals surface area (Å²) in [6, 6.07) is 0. The van der Waals surface area contributed by atoms with Crippen molar-refractivity contribution in [1.82, 2.24) is 4.98 Å². The van der Waals surface area contributed by atoms with Crippen LogP contribution in [0.5, 0.6) is 11.8 Å². The summed E-state index contributed by atoms with van der Waals surface area (Å²) in [7, 11) is 0. The van der Waals surface area contributed by atoms with Gasteiger partial charge >= 0.3 is 0 Å². The zero-order chi connectivity index (χ0) is 12.6. The van der Waals surface area contributed by atoms with E-state index >= 15 is 0 Å². The van der Waals surface area contributed by atoms with Crippen LogP contribution in [0.3, 0.4) is 0 Å². The van der Waals surface area contributed by atoms with Crippen LogP contribution in [0.4, 0.5) is 0 Å². The molecule has 4 heteroatoms. The molecule has 4 nitrogen and oxygen atoms in total. The number of aromatic hydroxyl groups is 2. The summed E-state index contributed by atoms with van der Waals surface area (Å²) >= 11 is 0. The molecule has 0 saturated carbocycles. The third kappa shape index (κ3) is 1.00. The van der Waals surface area contributed by atoms with Crippen LogP contribution in [0.2, 0.25) is 0 Å². The first kappa shape index (κ1) is 10.3. The monoisotopic (exact) mass is 245 g/mol. The van der Waals surface area contributed by atoms with Gasteiger partial charge in [-0.1, -0.05) is 11.1 Å². The molecule has 0 saturated heterocycles. The molecule has 0 fully saturated rings. The van der Waals surface area contributed by atoms with Crippen molar-refractivity contribution in [3.05, 3.63) is 33.4 Å². The molecule has 94 valence electrons. The van der Waals surface area contributed by atoms with Gasteiger partial charge in [0.1, 0.15) is 12.2 Å². The molecule has 2 atom stereocenters. The van der Waals surface area contributed by atoms with Gasteiger partial charge in [-0.05, 0) is 37.8 Å². The first-order valence-corrected chi connectivity index (χ1v) is 6.24.